The zero-order valence-electron chi connectivity index (χ0n) is 8.30. The van der Waals surface area contributed by atoms with Crippen molar-refractivity contribution in [2.24, 2.45) is 5.73 Å². The lowest BCUT2D eigenvalue weighted by atomic mass is 10.1. The number of hydrogen-bond donors (Lipinski definition) is 2. The zero-order chi connectivity index (χ0) is 11.0. The van der Waals surface area contributed by atoms with Crippen LogP contribution in [-0.2, 0) is 6.54 Å². The molecule has 0 aliphatic carbocycles. The van der Waals surface area contributed by atoms with Gasteiger partial charge in [-0.1, -0.05) is 0 Å². The van der Waals surface area contributed by atoms with Crippen molar-refractivity contribution >= 4 is 10.9 Å². The molecule has 0 amide bonds. The summed E-state index contributed by atoms with van der Waals surface area (Å²) < 4.78 is 13.1. The van der Waals surface area contributed by atoms with Crippen molar-refractivity contribution in [3.63, 3.8) is 0 Å². The van der Waals surface area contributed by atoms with E-state index in [1.54, 1.807) is 13.0 Å². The lowest BCUT2D eigenvalue weighted by Gasteiger charge is -2.04. The Morgan fingerprint density at radius 1 is 1.40 bits per heavy atom. The molecule has 0 aliphatic heterocycles. The Morgan fingerprint density at radius 3 is 2.80 bits per heavy atom. The number of benzene rings is 1. The van der Waals surface area contributed by atoms with E-state index in [4.69, 9.17) is 5.73 Å². The van der Waals surface area contributed by atoms with E-state index in [1.807, 2.05) is 0 Å². The first kappa shape index (κ1) is 9.86. The highest BCUT2D eigenvalue weighted by Gasteiger charge is 2.05. The molecule has 4 heteroatoms. The molecule has 1 heterocycles. The molecule has 15 heavy (non-hydrogen) atoms. The fourth-order valence-electron chi connectivity index (χ4n) is 1.65. The van der Waals surface area contributed by atoms with Crippen molar-refractivity contribution in [3.8, 4) is 0 Å². The van der Waals surface area contributed by atoms with Crippen LogP contribution in [0.2, 0.25) is 0 Å². The summed E-state index contributed by atoms with van der Waals surface area (Å²) in [5, 5.41) is 0.674. The van der Waals surface area contributed by atoms with E-state index in [2.05, 4.69) is 4.98 Å². The van der Waals surface area contributed by atoms with Crippen LogP contribution in [0.1, 0.15) is 11.1 Å². The number of pyridine rings is 1. The monoisotopic (exact) mass is 206 g/mol. The number of halogens is 1. The van der Waals surface area contributed by atoms with Crippen LogP contribution >= 0.6 is 0 Å². The molecule has 2 aromatic rings. The first-order valence-electron chi connectivity index (χ1n) is 4.64. The molecule has 3 N–H and O–H groups in total. The molecule has 0 fully saturated rings. The zero-order valence-corrected chi connectivity index (χ0v) is 8.30. The minimum atomic E-state index is -0.310. The van der Waals surface area contributed by atoms with Crippen LogP contribution in [0.25, 0.3) is 10.9 Å². The third-order valence-electron chi connectivity index (χ3n) is 2.41. The molecule has 2 rings (SSSR count). The Morgan fingerprint density at radius 2 is 2.13 bits per heavy atom. The molecular formula is C11H11FN2O. The molecule has 78 valence electrons. The summed E-state index contributed by atoms with van der Waals surface area (Å²) in [6.45, 7) is 1.91. The van der Waals surface area contributed by atoms with Crippen LogP contribution in [0.3, 0.4) is 0 Å². The largest absolute Gasteiger partial charge is 0.326 e. The van der Waals surface area contributed by atoms with Gasteiger partial charge in [0, 0.05) is 17.5 Å². The molecule has 0 unspecified atom stereocenters. The molecule has 0 spiro atoms. The number of rotatable bonds is 1. The summed E-state index contributed by atoms with van der Waals surface area (Å²) >= 11 is 0. The van der Waals surface area contributed by atoms with Gasteiger partial charge in [-0.15, -0.1) is 0 Å². The van der Waals surface area contributed by atoms with E-state index >= 15 is 0 Å². The number of nitrogens with one attached hydrogen (secondary N) is 1. The maximum absolute atomic E-state index is 13.1. The average Bonchev–Trinajstić information content (AvgIpc) is 2.18. The molecule has 3 nitrogen and oxygen atoms in total. The van der Waals surface area contributed by atoms with Crippen molar-refractivity contribution in [2.75, 3.05) is 0 Å². The summed E-state index contributed by atoms with van der Waals surface area (Å²) in [6, 6.07) is 4.40. The maximum Gasteiger partial charge on any atom is 0.252 e. The Labute approximate surface area is 85.7 Å². The van der Waals surface area contributed by atoms with Gasteiger partial charge in [-0.2, -0.15) is 0 Å². The van der Waals surface area contributed by atoms with Gasteiger partial charge in [-0.3, -0.25) is 4.79 Å². The minimum Gasteiger partial charge on any atom is -0.326 e. The third-order valence-corrected chi connectivity index (χ3v) is 2.41. The highest BCUT2D eigenvalue weighted by Crippen LogP contribution is 2.17. The Bertz CT molecular complexity index is 575. The van der Waals surface area contributed by atoms with Gasteiger partial charge in [-0.25, -0.2) is 4.39 Å². The van der Waals surface area contributed by atoms with Crippen LogP contribution in [0.15, 0.2) is 23.0 Å². The quantitative estimate of drug-likeness (QED) is 0.741. The van der Waals surface area contributed by atoms with E-state index in [1.165, 1.54) is 12.1 Å². The smallest absolute Gasteiger partial charge is 0.252 e. The van der Waals surface area contributed by atoms with Crippen LogP contribution in [-0.4, -0.2) is 4.98 Å². The molecule has 0 atom stereocenters. The number of hydrogen-bond acceptors (Lipinski definition) is 2. The fourth-order valence-corrected chi connectivity index (χ4v) is 1.65. The van der Waals surface area contributed by atoms with Crippen molar-refractivity contribution in [1.29, 1.82) is 0 Å². The van der Waals surface area contributed by atoms with Gasteiger partial charge in [0.2, 0.25) is 0 Å². The molecule has 0 saturated carbocycles. The van der Waals surface area contributed by atoms with Crippen molar-refractivity contribution < 1.29 is 4.39 Å². The number of aromatic amines is 1. The summed E-state index contributed by atoms with van der Waals surface area (Å²) in [5.74, 6) is -0.310. The van der Waals surface area contributed by atoms with E-state index in [9.17, 15) is 9.18 Å². The molecule has 0 radical (unpaired) electrons. The van der Waals surface area contributed by atoms with Gasteiger partial charge in [-0.05, 0) is 30.7 Å². The minimum absolute atomic E-state index is 0.154. The lowest BCUT2D eigenvalue weighted by Crippen LogP contribution is -2.15. The van der Waals surface area contributed by atoms with Gasteiger partial charge in [0.05, 0.1) is 5.52 Å². The molecule has 1 aromatic carbocycles. The van der Waals surface area contributed by atoms with Crippen molar-refractivity contribution in [3.05, 3.63) is 45.5 Å². The Hall–Kier alpha value is -1.68. The predicted molar refractivity (Wildman–Crippen MR) is 57.2 cm³/mol. The van der Waals surface area contributed by atoms with Crippen LogP contribution in [0.5, 0.6) is 0 Å². The second-order valence-electron chi connectivity index (χ2n) is 3.51. The van der Waals surface area contributed by atoms with Gasteiger partial charge in [0.15, 0.2) is 0 Å². The van der Waals surface area contributed by atoms with E-state index in [0.29, 0.717) is 22.0 Å². The number of aryl methyl sites for hydroxylation is 1. The highest BCUT2D eigenvalue weighted by atomic mass is 19.1. The standard InChI is InChI=1S/C11H11FN2O/c1-6-2-9(12)4-7-3-8(5-13)11(15)14-10(6)7/h2-4H,5,13H2,1H3,(H,14,15). The second kappa shape index (κ2) is 3.47. The first-order valence-corrected chi connectivity index (χ1v) is 4.64. The summed E-state index contributed by atoms with van der Waals surface area (Å²) in [4.78, 5) is 14.2. The maximum atomic E-state index is 13.1. The molecular weight excluding hydrogens is 195 g/mol. The van der Waals surface area contributed by atoms with Gasteiger partial charge >= 0.3 is 0 Å². The van der Waals surface area contributed by atoms with E-state index in [0.717, 1.165) is 0 Å². The summed E-state index contributed by atoms with van der Waals surface area (Å²) in [7, 11) is 0. The fraction of sp³-hybridized carbons (Fsp3) is 0.182. The molecule has 0 bridgehead atoms. The lowest BCUT2D eigenvalue weighted by molar-refractivity contribution is 0.628. The van der Waals surface area contributed by atoms with Crippen molar-refractivity contribution in [1.82, 2.24) is 4.98 Å². The predicted octanol–water partition coefficient (Wildman–Crippen LogP) is 1.43. The molecule has 1 aromatic heterocycles. The summed E-state index contributed by atoms with van der Waals surface area (Å²) in [5.41, 5.74) is 7.04. The Kier molecular flexibility index (Phi) is 2.28. The first-order chi connectivity index (χ1) is 7.11. The Balaban J connectivity index is 2.87. The van der Waals surface area contributed by atoms with Crippen LogP contribution in [0, 0.1) is 12.7 Å². The number of fused-ring (bicyclic) bond motifs is 1. The topological polar surface area (TPSA) is 58.9 Å². The third kappa shape index (κ3) is 1.64. The van der Waals surface area contributed by atoms with Gasteiger partial charge in [0.1, 0.15) is 5.82 Å². The number of nitrogens with two attached hydrogens (primary N) is 1. The molecule has 0 aliphatic rings. The van der Waals surface area contributed by atoms with Crippen LogP contribution < -0.4 is 11.3 Å². The second-order valence-corrected chi connectivity index (χ2v) is 3.51. The summed E-state index contributed by atoms with van der Waals surface area (Å²) in [6.07, 6.45) is 0. The van der Waals surface area contributed by atoms with Crippen molar-refractivity contribution in [2.45, 2.75) is 13.5 Å². The molecule has 0 saturated heterocycles. The van der Waals surface area contributed by atoms with Gasteiger partial charge < -0.3 is 10.7 Å². The van der Waals surface area contributed by atoms with E-state index < -0.39 is 0 Å². The van der Waals surface area contributed by atoms with E-state index in [-0.39, 0.29) is 17.9 Å². The average molecular weight is 206 g/mol. The number of H-pyrrole nitrogens is 1. The van der Waals surface area contributed by atoms with Gasteiger partial charge in [0.25, 0.3) is 5.56 Å². The van der Waals surface area contributed by atoms with Crippen LogP contribution in [0.4, 0.5) is 4.39 Å². The SMILES string of the molecule is Cc1cc(F)cc2cc(CN)c(=O)[nH]c12. The number of aromatic nitrogens is 1. The normalized spacial score (nSPS) is 10.9. The highest BCUT2D eigenvalue weighted by molar-refractivity contribution is 5.82.